The molecule has 2 atom stereocenters. The molecule has 0 saturated carbocycles. The molecule has 0 aromatic carbocycles. The SMILES string of the molecule is CC(C)(C)CC(C)(C)NCC1CCC(C(=O)O)O1. The number of hydrogen-bond acceptors (Lipinski definition) is 3. The number of ether oxygens (including phenoxy) is 1. The molecule has 0 radical (unpaired) electrons. The number of rotatable bonds is 5. The predicted molar refractivity (Wildman–Crippen MR) is 71.7 cm³/mol. The van der Waals surface area contributed by atoms with Crippen molar-refractivity contribution in [1.82, 2.24) is 5.32 Å². The van der Waals surface area contributed by atoms with E-state index in [0.29, 0.717) is 6.42 Å². The molecule has 0 spiro atoms. The highest BCUT2D eigenvalue weighted by Gasteiger charge is 2.32. The number of carbonyl (C=O) groups is 1. The lowest BCUT2D eigenvalue weighted by Crippen LogP contribution is -2.45. The van der Waals surface area contributed by atoms with Gasteiger partial charge in [-0.05, 0) is 38.5 Å². The second-order valence-electron chi connectivity index (χ2n) is 7.16. The van der Waals surface area contributed by atoms with Crippen molar-refractivity contribution in [3.8, 4) is 0 Å². The van der Waals surface area contributed by atoms with Crippen molar-refractivity contribution in [3.63, 3.8) is 0 Å². The van der Waals surface area contributed by atoms with Gasteiger partial charge in [-0.1, -0.05) is 20.8 Å². The predicted octanol–water partition coefficient (Wildman–Crippen LogP) is 2.42. The number of carboxylic acid groups (broad SMARTS) is 1. The molecule has 0 bridgehead atoms. The topological polar surface area (TPSA) is 58.6 Å². The zero-order valence-corrected chi connectivity index (χ0v) is 12.2. The molecule has 1 saturated heterocycles. The zero-order valence-electron chi connectivity index (χ0n) is 12.2. The molecular weight excluding hydrogens is 230 g/mol. The summed E-state index contributed by atoms with van der Waals surface area (Å²) in [5.41, 5.74) is 0.319. The van der Waals surface area contributed by atoms with Gasteiger partial charge in [-0.25, -0.2) is 4.79 Å². The van der Waals surface area contributed by atoms with E-state index in [1.807, 2.05) is 0 Å². The van der Waals surface area contributed by atoms with Gasteiger partial charge in [0, 0.05) is 12.1 Å². The Morgan fingerprint density at radius 3 is 2.33 bits per heavy atom. The Bertz CT molecular complexity index is 294. The first-order valence-corrected chi connectivity index (χ1v) is 6.72. The lowest BCUT2D eigenvalue weighted by atomic mass is 9.82. The van der Waals surface area contributed by atoms with Gasteiger partial charge in [0.15, 0.2) is 6.10 Å². The molecule has 4 heteroatoms. The standard InChI is InChI=1S/C14H27NO3/c1-13(2,3)9-14(4,5)15-8-10-6-7-11(18-10)12(16)17/h10-11,15H,6-9H2,1-5H3,(H,16,17). The van der Waals surface area contributed by atoms with Crippen LogP contribution in [0.4, 0.5) is 0 Å². The molecule has 18 heavy (non-hydrogen) atoms. The second kappa shape index (κ2) is 5.57. The van der Waals surface area contributed by atoms with Crippen molar-refractivity contribution in [1.29, 1.82) is 0 Å². The van der Waals surface area contributed by atoms with E-state index in [1.165, 1.54) is 0 Å². The molecule has 1 rings (SSSR count). The van der Waals surface area contributed by atoms with Crippen LogP contribution in [-0.2, 0) is 9.53 Å². The van der Waals surface area contributed by atoms with Crippen LogP contribution in [0.5, 0.6) is 0 Å². The van der Waals surface area contributed by atoms with Gasteiger partial charge in [0.1, 0.15) is 0 Å². The quantitative estimate of drug-likeness (QED) is 0.794. The summed E-state index contributed by atoms with van der Waals surface area (Å²) in [5.74, 6) is -0.841. The maximum Gasteiger partial charge on any atom is 0.332 e. The number of nitrogens with one attached hydrogen (secondary N) is 1. The van der Waals surface area contributed by atoms with Crippen LogP contribution in [0.15, 0.2) is 0 Å². The third kappa shape index (κ3) is 5.36. The van der Waals surface area contributed by atoms with Gasteiger partial charge in [0.25, 0.3) is 0 Å². The minimum atomic E-state index is -0.841. The van der Waals surface area contributed by atoms with Crippen molar-refractivity contribution >= 4 is 5.97 Å². The number of hydrogen-bond donors (Lipinski definition) is 2. The average molecular weight is 257 g/mol. The molecule has 1 aliphatic rings. The van der Waals surface area contributed by atoms with Crippen LogP contribution in [0.2, 0.25) is 0 Å². The molecule has 1 aliphatic heterocycles. The minimum Gasteiger partial charge on any atom is -0.479 e. The van der Waals surface area contributed by atoms with Crippen molar-refractivity contribution in [2.24, 2.45) is 5.41 Å². The lowest BCUT2D eigenvalue weighted by Gasteiger charge is -2.34. The maximum absolute atomic E-state index is 10.8. The molecule has 2 N–H and O–H groups in total. The van der Waals surface area contributed by atoms with Gasteiger partial charge in [-0.15, -0.1) is 0 Å². The van der Waals surface area contributed by atoms with Crippen molar-refractivity contribution in [3.05, 3.63) is 0 Å². The summed E-state index contributed by atoms with van der Waals surface area (Å²) in [4.78, 5) is 10.8. The third-order valence-corrected chi connectivity index (χ3v) is 3.16. The Hall–Kier alpha value is -0.610. The Morgan fingerprint density at radius 1 is 1.28 bits per heavy atom. The van der Waals surface area contributed by atoms with E-state index in [9.17, 15) is 4.79 Å². The Labute approximate surface area is 110 Å². The van der Waals surface area contributed by atoms with Crippen LogP contribution >= 0.6 is 0 Å². The van der Waals surface area contributed by atoms with Crippen LogP contribution in [0.25, 0.3) is 0 Å². The molecule has 0 aromatic heterocycles. The highest BCUT2D eigenvalue weighted by molar-refractivity contribution is 5.72. The fourth-order valence-electron chi connectivity index (χ4n) is 2.82. The highest BCUT2D eigenvalue weighted by Crippen LogP contribution is 2.27. The summed E-state index contributed by atoms with van der Waals surface area (Å²) in [6, 6.07) is 0. The van der Waals surface area contributed by atoms with Crippen molar-refractivity contribution in [2.75, 3.05) is 6.54 Å². The summed E-state index contributed by atoms with van der Waals surface area (Å²) in [6.45, 7) is 11.8. The molecule has 1 fully saturated rings. The molecular formula is C14H27NO3. The van der Waals surface area contributed by atoms with Crippen LogP contribution < -0.4 is 5.32 Å². The van der Waals surface area contributed by atoms with Gasteiger partial charge in [-0.2, -0.15) is 0 Å². The normalized spacial score (nSPS) is 25.4. The first-order chi connectivity index (χ1) is 8.09. The van der Waals surface area contributed by atoms with E-state index < -0.39 is 12.1 Å². The van der Waals surface area contributed by atoms with E-state index in [2.05, 4.69) is 39.9 Å². The van der Waals surface area contributed by atoms with Crippen molar-refractivity contribution < 1.29 is 14.6 Å². The summed E-state index contributed by atoms with van der Waals surface area (Å²) in [5, 5.41) is 12.4. The smallest absolute Gasteiger partial charge is 0.332 e. The number of aliphatic carboxylic acids is 1. The zero-order chi connectivity index (χ0) is 14.0. The van der Waals surface area contributed by atoms with Crippen LogP contribution in [0, 0.1) is 5.41 Å². The van der Waals surface area contributed by atoms with Gasteiger partial charge < -0.3 is 15.2 Å². The summed E-state index contributed by atoms with van der Waals surface area (Å²) < 4.78 is 5.49. The van der Waals surface area contributed by atoms with E-state index in [4.69, 9.17) is 9.84 Å². The number of carboxylic acids is 1. The second-order valence-corrected chi connectivity index (χ2v) is 7.16. The van der Waals surface area contributed by atoms with Crippen LogP contribution in [-0.4, -0.2) is 35.4 Å². The van der Waals surface area contributed by atoms with Gasteiger partial charge in [0.05, 0.1) is 6.10 Å². The van der Waals surface area contributed by atoms with Gasteiger partial charge in [-0.3, -0.25) is 0 Å². The molecule has 0 amide bonds. The first kappa shape index (κ1) is 15.4. The fraction of sp³-hybridized carbons (Fsp3) is 0.929. The van der Waals surface area contributed by atoms with E-state index >= 15 is 0 Å². The van der Waals surface area contributed by atoms with E-state index in [0.717, 1.165) is 19.4 Å². The molecule has 106 valence electrons. The van der Waals surface area contributed by atoms with Gasteiger partial charge >= 0.3 is 5.97 Å². The molecule has 1 heterocycles. The maximum atomic E-state index is 10.8. The Balaban J connectivity index is 2.35. The van der Waals surface area contributed by atoms with E-state index in [1.54, 1.807) is 0 Å². The Morgan fingerprint density at radius 2 is 1.89 bits per heavy atom. The molecule has 2 unspecified atom stereocenters. The van der Waals surface area contributed by atoms with Crippen molar-refractivity contribution in [2.45, 2.75) is 71.6 Å². The first-order valence-electron chi connectivity index (χ1n) is 6.72. The molecule has 0 aromatic rings. The Kier molecular flexibility index (Phi) is 4.78. The monoisotopic (exact) mass is 257 g/mol. The van der Waals surface area contributed by atoms with Crippen LogP contribution in [0.1, 0.15) is 53.9 Å². The summed E-state index contributed by atoms with van der Waals surface area (Å²) in [7, 11) is 0. The average Bonchev–Trinajstić information content (AvgIpc) is 2.59. The summed E-state index contributed by atoms with van der Waals surface area (Å²) in [6.07, 6.45) is 1.94. The minimum absolute atomic E-state index is 0.0327. The van der Waals surface area contributed by atoms with E-state index in [-0.39, 0.29) is 17.1 Å². The lowest BCUT2D eigenvalue weighted by molar-refractivity contribution is -0.149. The van der Waals surface area contributed by atoms with Crippen LogP contribution in [0.3, 0.4) is 0 Å². The largest absolute Gasteiger partial charge is 0.479 e. The molecule has 4 nitrogen and oxygen atoms in total. The molecule has 0 aliphatic carbocycles. The highest BCUT2D eigenvalue weighted by atomic mass is 16.5. The third-order valence-electron chi connectivity index (χ3n) is 3.16. The summed E-state index contributed by atoms with van der Waals surface area (Å²) >= 11 is 0. The fourth-order valence-corrected chi connectivity index (χ4v) is 2.82. The van der Waals surface area contributed by atoms with Gasteiger partial charge in [0.2, 0.25) is 0 Å².